The van der Waals surface area contributed by atoms with Crippen molar-refractivity contribution in [1.29, 1.82) is 0 Å². The molecule has 4 heteroatoms. The smallest absolute Gasteiger partial charge is 0.256 e. The number of aromatic hydroxyl groups is 1. The largest absolute Gasteiger partial charge is 0.506 e. The first-order valence-corrected chi connectivity index (χ1v) is 6.09. The van der Waals surface area contributed by atoms with Crippen LogP contribution in [0.25, 0.3) is 0 Å². The monoisotopic (exact) mass is 256 g/mol. The molecule has 98 valence electrons. The van der Waals surface area contributed by atoms with E-state index in [0.717, 1.165) is 5.56 Å². The fourth-order valence-electron chi connectivity index (χ4n) is 1.88. The molecule has 2 rings (SSSR count). The number of para-hydroxylation sites is 2. The Morgan fingerprint density at radius 1 is 1.11 bits per heavy atom. The number of phenols is 1. The molecular formula is C15H16N2O2. The number of amides is 1. The van der Waals surface area contributed by atoms with E-state index in [9.17, 15) is 9.90 Å². The van der Waals surface area contributed by atoms with Crippen molar-refractivity contribution in [2.75, 3.05) is 11.9 Å². The Morgan fingerprint density at radius 2 is 1.79 bits per heavy atom. The third kappa shape index (κ3) is 3.11. The van der Waals surface area contributed by atoms with Gasteiger partial charge in [0.05, 0.1) is 5.69 Å². The molecule has 0 heterocycles. The fourth-order valence-corrected chi connectivity index (χ4v) is 1.88. The second kappa shape index (κ2) is 6.02. The first kappa shape index (κ1) is 13.1. The van der Waals surface area contributed by atoms with E-state index in [1.54, 1.807) is 30.3 Å². The van der Waals surface area contributed by atoms with Crippen molar-refractivity contribution in [3.05, 3.63) is 59.7 Å². The van der Waals surface area contributed by atoms with Crippen molar-refractivity contribution >= 4 is 11.6 Å². The van der Waals surface area contributed by atoms with Crippen molar-refractivity contribution in [1.82, 2.24) is 0 Å². The van der Waals surface area contributed by atoms with Crippen LogP contribution in [0.1, 0.15) is 15.9 Å². The zero-order valence-corrected chi connectivity index (χ0v) is 10.5. The first-order chi connectivity index (χ1) is 9.22. The van der Waals surface area contributed by atoms with E-state index < -0.39 is 0 Å². The van der Waals surface area contributed by atoms with Gasteiger partial charge in [0.25, 0.3) is 5.91 Å². The topological polar surface area (TPSA) is 75.4 Å². The molecule has 0 atom stereocenters. The average Bonchev–Trinajstić information content (AvgIpc) is 2.42. The summed E-state index contributed by atoms with van der Waals surface area (Å²) in [5.41, 5.74) is 7.41. The molecule has 0 aliphatic heterocycles. The van der Waals surface area contributed by atoms with Gasteiger partial charge in [-0.15, -0.1) is 0 Å². The molecule has 19 heavy (non-hydrogen) atoms. The highest BCUT2D eigenvalue weighted by atomic mass is 16.3. The lowest BCUT2D eigenvalue weighted by atomic mass is 10.0. The molecule has 0 aromatic heterocycles. The molecule has 0 aliphatic carbocycles. The third-order valence-corrected chi connectivity index (χ3v) is 2.83. The molecular weight excluding hydrogens is 240 g/mol. The molecule has 2 aromatic rings. The number of hydrogen-bond acceptors (Lipinski definition) is 3. The quantitative estimate of drug-likeness (QED) is 0.734. The Hall–Kier alpha value is -2.33. The van der Waals surface area contributed by atoms with Crippen LogP contribution in [0.5, 0.6) is 5.75 Å². The fraction of sp³-hybridized carbons (Fsp3) is 0.133. The summed E-state index contributed by atoms with van der Waals surface area (Å²) in [5, 5.41) is 12.3. The second-order valence-electron chi connectivity index (χ2n) is 4.17. The van der Waals surface area contributed by atoms with Gasteiger partial charge >= 0.3 is 0 Å². The van der Waals surface area contributed by atoms with Crippen LogP contribution in [-0.4, -0.2) is 17.6 Å². The normalized spacial score (nSPS) is 10.2. The lowest BCUT2D eigenvalue weighted by molar-refractivity contribution is 0.102. The minimum Gasteiger partial charge on any atom is -0.506 e. The zero-order chi connectivity index (χ0) is 13.7. The molecule has 0 aliphatic rings. The zero-order valence-electron chi connectivity index (χ0n) is 10.5. The summed E-state index contributed by atoms with van der Waals surface area (Å²) in [6.07, 6.45) is 0.643. The second-order valence-corrected chi connectivity index (χ2v) is 4.17. The summed E-state index contributed by atoms with van der Waals surface area (Å²) < 4.78 is 0. The standard InChI is InChI=1S/C15H16N2O2/c16-10-9-11-5-1-2-6-12(11)15(19)17-13-7-3-4-8-14(13)18/h1-8,18H,9-10,16H2,(H,17,19). The van der Waals surface area contributed by atoms with Crippen LogP contribution in [0.3, 0.4) is 0 Å². The molecule has 0 saturated carbocycles. The van der Waals surface area contributed by atoms with Gasteiger partial charge in [0.2, 0.25) is 0 Å². The Balaban J connectivity index is 2.23. The summed E-state index contributed by atoms with van der Waals surface area (Å²) >= 11 is 0. The molecule has 4 N–H and O–H groups in total. The van der Waals surface area contributed by atoms with Gasteiger partial charge in [0.1, 0.15) is 5.75 Å². The minimum absolute atomic E-state index is 0.0483. The van der Waals surface area contributed by atoms with Crippen LogP contribution in [0, 0.1) is 0 Å². The number of phenolic OH excluding ortho intramolecular Hbond substituents is 1. The van der Waals surface area contributed by atoms with E-state index in [2.05, 4.69) is 5.32 Å². The molecule has 0 unspecified atom stereocenters. The molecule has 0 fully saturated rings. The van der Waals surface area contributed by atoms with Crippen molar-refractivity contribution in [2.24, 2.45) is 5.73 Å². The van der Waals surface area contributed by atoms with Crippen LogP contribution in [0.15, 0.2) is 48.5 Å². The molecule has 0 bridgehead atoms. The van der Waals surface area contributed by atoms with E-state index in [1.807, 2.05) is 12.1 Å². The number of benzene rings is 2. The molecule has 1 amide bonds. The SMILES string of the molecule is NCCc1ccccc1C(=O)Nc1ccccc1O. The van der Waals surface area contributed by atoms with Gasteiger partial charge in [0, 0.05) is 5.56 Å². The van der Waals surface area contributed by atoms with Crippen molar-refractivity contribution in [3.8, 4) is 5.75 Å². The van der Waals surface area contributed by atoms with Crippen molar-refractivity contribution < 1.29 is 9.90 Å². The lowest BCUT2D eigenvalue weighted by Gasteiger charge is -2.10. The van der Waals surface area contributed by atoms with E-state index >= 15 is 0 Å². The van der Waals surface area contributed by atoms with Gasteiger partial charge in [-0.1, -0.05) is 30.3 Å². The summed E-state index contributed by atoms with van der Waals surface area (Å²) in [6, 6.07) is 13.9. The molecule has 0 saturated heterocycles. The summed E-state index contributed by atoms with van der Waals surface area (Å²) in [4.78, 5) is 12.2. The Bertz CT molecular complexity index is 582. The molecule has 2 aromatic carbocycles. The number of carbonyl (C=O) groups excluding carboxylic acids is 1. The summed E-state index contributed by atoms with van der Waals surface area (Å²) in [7, 11) is 0. The number of nitrogens with one attached hydrogen (secondary N) is 1. The maximum absolute atomic E-state index is 12.2. The summed E-state index contributed by atoms with van der Waals surface area (Å²) in [6.45, 7) is 0.487. The molecule has 0 radical (unpaired) electrons. The number of carbonyl (C=O) groups is 1. The van der Waals surface area contributed by atoms with E-state index in [1.165, 1.54) is 6.07 Å². The number of nitrogens with two attached hydrogens (primary N) is 1. The van der Waals surface area contributed by atoms with Crippen LogP contribution in [-0.2, 0) is 6.42 Å². The van der Waals surface area contributed by atoms with E-state index in [0.29, 0.717) is 24.2 Å². The third-order valence-electron chi connectivity index (χ3n) is 2.83. The average molecular weight is 256 g/mol. The first-order valence-electron chi connectivity index (χ1n) is 6.09. The minimum atomic E-state index is -0.245. The predicted octanol–water partition coefficient (Wildman–Crippen LogP) is 2.15. The van der Waals surface area contributed by atoms with Crippen molar-refractivity contribution in [2.45, 2.75) is 6.42 Å². The van der Waals surface area contributed by atoms with Gasteiger partial charge in [0.15, 0.2) is 0 Å². The number of hydrogen-bond donors (Lipinski definition) is 3. The Kier molecular flexibility index (Phi) is 4.15. The predicted molar refractivity (Wildman–Crippen MR) is 75.3 cm³/mol. The number of rotatable bonds is 4. The van der Waals surface area contributed by atoms with Crippen molar-refractivity contribution in [3.63, 3.8) is 0 Å². The summed E-state index contributed by atoms with van der Waals surface area (Å²) in [5.74, 6) is -0.197. The van der Waals surface area contributed by atoms with Gasteiger partial charge in [-0.2, -0.15) is 0 Å². The van der Waals surface area contributed by atoms with Crippen LogP contribution in [0.4, 0.5) is 5.69 Å². The maximum Gasteiger partial charge on any atom is 0.256 e. The van der Waals surface area contributed by atoms with E-state index in [4.69, 9.17) is 5.73 Å². The van der Waals surface area contributed by atoms with Crippen LogP contribution in [0.2, 0.25) is 0 Å². The Morgan fingerprint density at radius 3 is 2.53 bits per heavy atom. The highest BCUT2D eigenvalue weighted by molar-refractivity contribution is 6.06. The van der Waals surface area contributed by atoms with Gasteiger partial charge in [-0.3, -0.25) is 4.79 Å². The Labute approximate surface area is 111 Å². The lowest BCUT2D eigenvalue weighted by Crippen LogP contribution is -2.15. The highest BCUT2D eigenvalue weighted by Gasteiger charge is 2.11. The van der Waals surface area contributed by atoms with Crippen LogP contribution < -0.4 is 11.1 Å². The van der Waals surface area contributed by atoms with E-state index in [-0.39, 0.29) is 11.7 Å². The van der Waals surface area contributed by atoms with Gasteiger partial charge < -0.3 is 16.2 Å². The van der Waals surface area contributed by atoms with Gasteiger partial charge in [-0.25, -0.2) is 0 Å². The molecule has 4 nitrogen and oxygen atoms in total. The maximum atomic E-state index is 12.2. The number of anilines is 1. The van der Waals surface area contributed by atoms with Gasteiger partial charge in [-0.05, 0) is 36.7 Å². The van der Waals surface area contributed by atoms with Crippen LogP contribution >= 0.6 is 0 Å². The molecule has 0 spiro atoms. The highest BCUT2D eigenvalue weighted by Crippen LogP contribution is 2.22.